The maximum Gasteiger partial charge on any atom is 0.223 e. The number of piperidine rings is 1. The Hall–Kier alpha value is -2.17. The molecule has 2 aliphatic heterocycles. The van der Waals surface area contributed by atoms with Crippen LogP contribution in [0.3, 0.4) is 0 Å². The van der Waals surface area contributed by atoms with Crippen molar-refractivity contribution < 1.29 is 4.79 Å². The van der Waals surface area contributed by atoms with E-state index in [0.29, 0.717) is 12.3 Å². The third-order valence-electron chi connectivity index (χ3n) is 8.15. The van der Waals surface area contributed by atoms with Crippen LogP contribution in [-0.4, -0.2) is 72.0 Å². The van der Waals surface area contributed by atoms with Gasteiger partial charge in [-0.15, -0.1) is 0 Å². The molecule has 1 aliphatic carbocycles. The zero-order valence-corrected chi connectivity index (χ0v) is 20.6. The molecule has 176 valence electrons. The molecule has 33 heavy (non-hydrogen) atoms. The molecular formula is C29H39N3O. The Balaban J connectivity index is 1.14. The highest BCUT2D eigenvalue weighted by Crippen LogP contribution is 2.46. The molecule has 0 aromatic heterocycles. The van der Waals surface area contributed by atoms with Gasteiger partial charge in [0.1, 0.15) is 0 Å². The largest absolute Gasteiger partial charge is 0.343 e. The minimum Gasteiger partial charge on any atom is -0.343 e. The summed E-state index contributed by atoms with van der Waals surface area (Å²) in [7, 11) is 0. The molecule has 2 heterocycles. The van der Waals surface area contributed by atoms with Crippen molar-refractivity contribution in [2.24, 2.45) is 5.92 Å². The molecule has 0 spiro atoms. The van der Waals surface area contributed by atoms with E-state index in [1.165, 1.54) is 55.0 Å². The molecule has 0 radical (unpaired) electrons. The molecule has 4 heteroatoms. The Morgan fingerprint density at radius 2 is 1.36 bits per heavy atom. The first-order valence-electron chi connectivity index (χ1n) is 12.8. The third-order valence-corrected chi connectivity index (χ3v) is 8.15. The molecule has 4 nitrogen and oxygen atoms in total. The van der Waals surface area contributed by atoms with Gasteiger partial charge in [0.2, 0.25) is 5.91 Å². The first kappa shape index (κ1) is 22.6. The van der Waals surface area contributed by atoms with Gasteiger partial charge in [-0.1, -0.05) is 48.5 Å². The second-order valence-electron chi connectivity index (χ2n) is 11.2. The normalized spacial score (nSPS) is 20.6. The second kappa shape index (κ2) is 9.23. The zero-order chi connectivity index (χ0) is 23.0. The summed E-state index contributed by atoms with van der Waals surface area (Å²) in [5, 5.41) is 0. The molecule has 0 atom stereocenters. The lowest BCUT2D eigenvalue weighted by atomic mass is 9.91. The number of hydrogen-bond acceptors (Lipinski definition) is 3. The average Bonchev–Trinajstić information content (AvgIpc) is 3.13. The number of nitrogens with zero attached hydrogens (tertiary/aromatic N) is 3. The lowest BCUT2D eigenvalue weighted by Gasteiger charge is -2.43. The number of hydrogen-bond donors (Lipinski definition) is 0. The first-order valence-corrected chi connectivity index (χ1v) is 12.8. The molecule has 0 unspecified atom stereocenters. The second-order valence-corrected chi connectivity index (χ2v) is 11.2. The van der Waals surface area contributed by atoms with E-state index in [-0.39, 0.29) is 11.5 Å². The molecule has 1 amide bonds. The lowest BCUT2D eigenvalue weighted by molar-refractivity contribution is -0.132. The van der Waals surface area contributed by atoms with E-state index in [0.717, 1.165) is 31.8 Å². The van der Waals surface area contributed by atoms with Crippen molar-refractivity contribution in [1.29, 1.82) is 0 Å². The highest BCUT2D eigenvalue weighted by molar-refractivity contribution is 5.84. The molecule has 2 aromatic carbocycles. The highest BCUT2D eigenvalue weighted by Gasteiger charge is 2.33. The van der Waals surface area contributed by atoms with Crippen LogP contribution in [0.1, 0.15) is 57.1 Å². The van der Waals surface area contributed by atoms with Crippen LogP contribution in [0.15, 0.2) is 48.5 Å². The number of piperazine rings is 1. The van der Waals surface area contributed by atoms with Gasteiger partial charge < -0.3 is 9.80 Å². The fourth-order valence-electron chi connectivity index (χ4n) is 6.11. The summed E-state index contributed by atoms with van der Waals surface area (Å²) in [6.07, 6.45) is 2.87. The molecule has 2 saturated heterocycles. The number of fused-ring (bicyclic) bond motifs is 3. The minimum atomic E-state index is 0.196. The van der Waals surface area contributed by atoms with Crippen molar-refractivity contribution in [2.45, 2.75) is 51.5 Å². The van der Waals surface area contributed by atoms with Crippen LogP contribution in [0.2, 0.25) is 0 Å². The van der Waals surface area contributed by atoms with Crippen LogP contribution in [-0.2, 0) is 4.79 Å². The summed E-state index contributed by atoms with van der Waals surface area (Å²) in [4.78, 5) is 20.7. The zero-order valence-electron chi connectivity index (χ0n) is 20.6. The average molecular weight is 446 g/mol. The molecule has 3 aliphatic rings. The van der Waals surface area contributed by atoms with Crippen LogP contribution in [0.25, 0.3) is 11.1 Å². The van der Waals surface area contributed by atoms with E-state index in [1.54, 1.807) is 0 Å². The Morgan fingerprint density at radius 1 is 0.818 bits per heavy atom. The van der Waals surface area contributed by atoms with Crippen LogP contribution < -0.4 is 0 Å². The Morgan fingerprint density at radius 3 is 1.91 bits per heavy atom. The Labute approximate surface area is 199 Å². The fourth-order valence-corrected chi connectivity index (χ4v) is 6.11. The topological polar surface area (TPSA) is 26.8 Å². The Kier molecular flexibility index (Phi) is 6.32. The molecule has 0 saturated carbocycles. The molecular weight excluding hydrogens is 406 g/mol. The van der Waals surface area contributed by atoms with Gasteiger partial charge in [0.25, 0.3) is 0 Å². The molecule has 2 aromatic rings. The first-order chi connectivity index (χ1) is 15.9. The molecule has 5 rings (SSSR count). The summed E-state index contributed by atoms with van der Waals surface area (Å²) in [6, 6.07) is 17.2. The molecule has 0 N–H and O–H groups in total. The van der Waals surface area contributed by atoms with Crippen LogP contribution >= 0.6 is 0 Å². The van der Waals surface area contributed by atoms with Crippen molar-refractivity contribution in [3.63, 3.8) is 0 Å². The van der Waals surface area contributed by atoms with E-state index >= 15 is 0 Å². The number of rotatable bonds is 4. The van der Waals surface area contributed by atoms with Gasteiger partial charge in [-0.25, -0.2) is 0 Å². The number of likely N-dealkylation sites (tertiary alicyclic amines) is 1. The van der Waals surface area contributed by atoms with Gasteiger partial charge in [0, 0.05) is 63.7 Å². The summed E-state index contributed by atoms with van der Waals surface area (Å²) in [5.74, 6) is 1.24. The predicted octanol–water partition coefficient (Wildman–Crippen LogP) is 4.84. The van der Waals surface area contributed by atoms with E-state index in [1.807, 2.05) is 0 Å². The van der Waals surface area contributed by atoms with Crippen LogP contribution in [0.5, 0.6) is 0 Å². The molecule has 0 bridgehead atoms. The number of carbonyl (C=O) groups excluding carboxylic acids is 1. The van der Waals surface area contributed by atoms with Crippen molar-refractivity contribution >= 4 is 5.91 Å². The third kappa shape index (κ3) is 4.74. The Bertz CT molecular complexity index is 933. The van der Waals surface area contributed by atoms with Gasteiger partial charge in [-0.2, -0.15) is 0 Å². The maximum atomic E-state index is 13.3. The predicted molar refractivity (Wildman–Crippen MR) is 135 cm³/mol. The fraction of sp³-hybridized carbons (Fsp3) is 0.552. The number of amides is 1. The minimum absolute atomic E-state index is 0.196. The molecule has 2 fully saturated rings. The van der Waals surface area contributed by atoms with E-state index in [2.05, 4.69) is 84.0 Å². The standard InChI is InChI=1S/C29H39N3O/c1-29(2,3)32-18-16-30(17-19-32)21-22-12-14-31(15-13-22)28(33)20-27-25-10-6-4-8-23(25)24-9-5-7-11-26(24)27/h4-11,22,27H,12-21H2,1-3H3. The van der Waals surface area contributed by atoms with Gasteiger partial charge in [0.05, 0.1) is 0 Å². The van der Waals surface area contributed by atoms with Crippen molar-refractivity contribution in [3.8, 4) is 11.1 Å². The summed E-state index contributed by atoms with van der Waals surface area (Å²) < 4.78 is 0. The SMILES string of the molecule is CC(C)(C)N1CCN(CC2CCN(C(=O)CC3c4ccccc4-c4ccccc43)CC2)CC1. The number of carbonyl (C=O) groups is 1. The van der Waals surface area contributed by atoms with Crippen molar-refractivity contribution in [2.75, 3.05) is 45.8 Å². The summed E-state index contributed by atoms with van der Waals surface area (Å²) in [5.41, 5.74) is 5.51. The highest BCUT2D eigenvalue weighted by atomic mass is 16.2. The van der Waals surface area contributed by atoms with Gasteiger partial charge in [0.15, 0.2) is 0 Å². The summed E-state index contributed by atoms with van der Waals surface area (Å²) in [6.45, 7) is 14.7. The van der Waals surface area contributed by atoms with E-state index in [9.17, 15) is 4.79 Å². The van der Waals surface area contributed by atoms with E-state index < -0.39 is 0 Å². The van der Waals surface area contributed by atoms with Crippen molar-refractivity contribution in [1.82, 2.24) is 14.7 Å². The lowest BCUT2D eigenvalue weighted by Crippen LogP contribution is -2.54. The maximum absolute atomic E-state index is 13.3. The van der Waals surface area contributed by atoms with Gasteiger partial charge in [-0.05, 0) is 61.8 Å². The van der Waals surface area contributed by atoms with Crippen LogP contribution in [0, 0.1) is 5.92 Å². The van der Waals surface area contributed by atoms with Crippen LogP contribution in [0.4, 0.5) is 0 Å². The van der Waals surface area contributed by atoms with E-state index in [4.69, 9.17) is 0 Å². The monoisotopic (exact) mass is 445 g/mol. The quantitative estimate of drug-likeness (QED) is 0.674. The van der Waals surface area contributed by atoms with Gasteiger partial charge in [-0.3, -0.25) is 9.69 Å². The number of benzene rings is 2. The van der Waals surface area contributed by atoms with Gasteiger partial charge >= 0.3 is 0 Å². The van der Waals surface area contributed by atoms with Crippen molar-refractivity contribution in [3.05, 3.63) is 59.7 Å². The smallest absolute Gasteiger partial charge is 0.223 e. The summed E-state index contributed by atoms with van der Waals surface area (Å²) >= 11 is 0.